The van der Waals surface area contributed by atoms with Gasteiger partial charge in [-0.25, -0.2) is 4.79 Å². The molecule has 1 aromatic rings. The highest BCUT2D eigenvalue weighted by molar-refractivity contribution is 5.93. The molecule has 202 valence electrons. The van der Waals surface area contributed by atoms with Crippen molar-refractivity contribution in [2.24, 2.45) is 5.73 Å². The Morgan fingerprint density at radius 2 is 1.84 bits per heavy atom. The Kier molecular flexibility index (Phi) is 10.7. The van der Waals surface area contributed by atoms with E-state index in [0.29, 0.717) is 0 Å². The molecule has 2 unspecified atom stereocenters. The molecule has 1 fully saturated rings. The quantitative estimate of drug-likeness (QED) is 0.346. The first-order valence-electron chi connectivity index (χ1n) is 12.5. The first kappa shape index (κ1) is 29.4. The Morgan fingerprint density at radius 3 is 2.41 bits per heavy atom. The predicted octanol–water partition coefficient (Wildman–Crippen LogP) is 2.39. The fraction of sp³-hybridized carbons (Fsp3) is 0.577. The molecule has 1 saturated carbocycles. The third-order valence-corrected chi connectivity index (χ3v) is 5.94. The van der Waals surface area contributed by atoms with Gasteiger partial charge in [0.25, 0.3) is 0 Å². The van der Waals surface area contributed by atoms with Gasteiger partial charge < -0.3 is 31.1 Å². The van der Waals surface area contributed by atoms with Gasteiger partial charge in [-0.2, -0.15) is 5.26 Å². The molecule has 1 aliphatic rings. The van der Waals surface area contributed by atoms with Crippen LogP contribution in [0.1, 0.15) is 77.3 Å². The van der Waals surface area contributed by atoms with Crippen LogP contribution >= 0.6 is 0 Å². The van der Waals surface area contributed by atoms with Gasteiger partial charge >= 0.3 is 6.09 Å². The molecule has 0 aliphatic heterocycles. The summed E-state index contributed by atoms with van der Waals surface area (Å²) in [6.07, 6.45) is 3.25. The van der Waals surface area contributed by atoms with Gasteiger partial charge in [0.05, 0.1) is 6.07 Å². The number of hydrogen-bond donors (Lipinski definition) is 4. The highest BCUT2D eigenvalue weighted by Crippen LogP contribution is 2.30. The Hall–Kier alpha value is -3.81. The maximum absolute atomic E-state index is 13.8. The molecule has 2 rings (SSSR count). The maximum Gasteiger partial charge on any atom is 0.408 e. The predicted molar refractivity (Wildman–Crippen MR) is 135 cm³/mol. The number of ether oxygens (including phenoxy) is 1. The second-order valence-electron chi connectivity index (χ2n) is 10.1. The number of rotatable bonds is 10. The van der Waals surface area contributed by atoms with Crippen molar-refractivity contribution in [1.82, 2.24) is 15.5 Å². The average Bonchev–Trinajstić information content (AvgIpc) is 2.81. The number of amides is 4. The molecule has 0 heterocycles. The van der Waals surface area contributed by atoms with E-state index in [-0.39, 0.29) is 30.2 Å². The monoisotopic (exact) mass is 515 g/mol. The zero-order valence-corrected chi connectivity index (χ0v) is 21.7. The van der Waals surface area contributed by atoms with Crippen LogP contribution in [0.2, 0.25) is 0 Å². The van der Waals surface area contributed by atoms with Crippen molar-refractivity contribution in [1.29, 1.82) is 5.26 Å². The number of carbonyl (C=O) groups is 4. The van der Waals surface area contributed by atoms with Gasteiger partial charge in [0.15, 0.2) is 0 Å². The van der Waals surface area contributed by atoms with E-state index in [1.807, 2.05) is 6.07 Å². The number of para-hydroxylation sites is 1. The number of alkyl carbamates (subject to hydrolysis) is 1. The fourth-order valence-electron chi connectivity index (χ4n) is 4.26. The molecule has 0 saturated heterocycles. The van der Waals surface area contributed by atoms with Crippen LogP contribution in [0.4, 0.5) is 4.79 Å². The molecule has 1 aliphatic carbocycles. The lowest BCUT2D eigenvalue weighted by Crippen LogP contribution is -2.54. The minimum absolute atomic E-state index is 0.0980. The van der Waals surface area contributed by atoms with E-state index in [1.165, 1.54) is 12.1 Å². The van der Waals surface area contributed by atoms with Crippen molar-refractivity contribution in [3.63, 3.8) is 0 Å². The molecule has 0 radical (unpaired) electrons. The largest absolute Gasteiger partial charge is 0.508 e. The van der Waals surface area contributed by atoms with Crippen molar-refractivity contribution >= 4 is 23.8 Å². The molecule has 11 nitrogen and oxygen atoms in total. The van der Waals surface area contributed by atoms with Crippen LogP contribution in [-0.4, -0.2) is 58.1 Å². The summed E-state index contributed by atoms with van der Waals surface area (Å²) in [5.74, 6) is -2.26. The molecule has 37 heavy (non-hydrogen) atoms. The van der Waals surface area contributed by atoms with E-state index in [4.69, 9.17) is 10.5 Å². The van der Waals surface area contributed by atoms with Gasteiger partial charge in [-0.3, -0.25) is 14.4 Å². The highest BCUT2D eigenvalue weighted by atomic mass is 16.6. The number of nitrogens with one attached hydrogen (secondary N) is 2. The number of hydrogen-bond acceptors (Lipinski definition) is 7. The van der Waals surface area contributed by atoms with Crippen molar-refractivity contribution in [3.8, 4) is 11.8 Å². The van der Waals surface area contributed by atoms with Gasteiger partial charge in [0.2, 0.25) is 17.7 Å². The zero-order chi connectivity index (χ0) is 27.6. The Bertz CT molecular complexity index is 1010. The van der Waals surface area contributed by atoms with E-state index in [1.54, 1.807) is 32.9 Å². The second kappa shape index (κ2) is 13.5. The summed E-state index contributed by atoms with van der Waals surface area (Å²) in [6, 6.07) is 5.19. The lowest BCUT2D eigenvalue weighted by Gasteiger charge is -2.34. The van der Waals surface area contributed by atoms with E-state index < -0.39 is 48.0 Å². The summed E-state index contributed by atoms with van der Waals surface area (Å²) in [6.45, 7) is 4.44. The summed E-state index contributed by atoms with van der Waals surface area (Å²) in [5, 5.41) is 25.5. The molecule has 11 heteroatoms. The minimum Gasteiger partial charge on any atom is -0.508 e. The van der Waals surface area contributed by atoms with Crippen LogP contribution < -0.4 is 16.4 Å². The summed E-state index contributed by atoms with van der Waals surface area (Å²) in [5.41, 5.74) is 4.55. The summed E-state index contributed by atoms with van der Waals surface area (Å²) < 4.78 is 5.26. The molecule has 0 aromatic heterocycles. The zero-order valence-electron chi connectivity index (χ0n) is 21.7. The topological polar surface area (TPSA) is 175 Å². The first-order chi connectivity index (χ1) is 17.4. The fourth-order valence-corrected chi connectivity index (χ4v) is 4.26. The summed E-state index contributed by atoms with van der Waals surface area (Å²) in [4.78, 5) is 52.3. The molecular formula is C26H37N5O6. The van der Waals surface area contributed by atoms with Gasteiger partial charge in [-0.15, -0.1) is 0 Å². The van der Waals surface area contributed by atoms with Crippen LogP contribution in [0.15, 0.2) is 24.3 Å². The van der Waals surface area contributed by atoms with Crippen LogP contribution in [0.25, 0.3) is 0 Å². The number of phenolic OH excluding ortho intramolecular Hbond substituents is 1. The van der Waals surface area contributed by atoms with Crippen molar-refractivity contribution in [2.45, 2.75) is 89.4 Å². The molecule has 2 atom stereocenters. The number of benzene rings is 1. The number of primary amides is 1. The molecule has 0 bridgehead atoms. The molecule has 0 spiro atoms. The third-order valence-electron chi connectivity index (χ3n) is 5.94. The lowest BCUT2D eigenvalue weighted by atomic mass is 9.94. The Morgan fingerprint density at radius 1 is 1.19 bits per heavy atom. The standard InChI is InChI=1S/C26H37N5O6/c1-26(2,3)37-25(36)30-19(13-14-21(28)33)24(35)31(16-15-27)22(18-11-7-8-12-20(18)32)23(34)29-17-9-5-4-6-10-17/h7-8,11-12,17,19,22,32H,4-6,9-10,13-14,16H2,1-3H3,(H2,28,33)(H,29,34)(H,30,36). The maximum atomic E-state index is 13.8. The molecular weight excluding hydrogens is 478 g/mol. The van der Waals surface area contributed by atoms with Gasteiger partial charge in [-0.05, 0) is 46.1 Å². The Balaban J connectivity index is 2.44. The van der Waals surface area contributed by atoms with Crippen LogP contribution in [0.3, 0.4) is 0 Å². The van der Waals surface area contributed by atoms with Gasteiger partial charge in [0, 0.05) is 18.0 Å². The second-order valence-corrected chi connectivity index (χ2v) is 10.1. The van der Waals surface area contributed by atoms with Gasteiger partial charge in [-0.1, -0.05) is 37.5 Å². The number of nitrogens with zero attached hydrogens (tertiary/aromatic N) is 2. The van der Waals surface area contributed by atoms with Gasteiger partial charge in [0.1, 0.15) is 30.0 Å². The van der Waals surface area contributed by atoms with E-state index in [9.17, 15) is 29.5 Å². The lowest BCUT2D eigenvalue weighted by molar-refractivity contribution is -0.142. The highest BCUT2D eigenvalue weighted by Gasteiger charge is 2.38. The van der Waals surface area contributed by atoms with Crippen molar-refractivity contribution in [2.75, 3.05) is 6.54 Å². The molecule has 1 aromatic carbocycles. The van der Waals surface area contributed by atoms with E-state index in [0.717, 1.165) is 37.0 Å². The first-order valence-corrected chi connectivity index (χ1v) is 12.5. The average molecular weight is 516 g/mol. The van der Waals surface area contributed by atoms with E-state index in [2.05, 4.69) is 10.6 Å². The summed E-state index contributed by atoms with van der Waals surface area (Å²) >= 11 is 0. The number of phenols is 1. The van der Waals surface area contributed by atoms with Crippen LogP contribution in [0.5, 0.6) is 5.75 Å². The minimum atomic E-state index is -1.35. The van der Waals surface area contributed by atoms with E-state index >= 15 is 0 Å². The van der Waals surface area contributed by atoms with Crippen LogP contribution in [-0.2, 0) is 19.1 Å². The SMILES string of the molecule is CC(C)(C)OC(=O)NC(CCC(N)=O)C(=O)N(CC#N)C(C(=O)NC1CCCCC1)c1ccccc1O. The summed E-state index contributed by atoms with van der Waals surface area (Å²) in [7, 11) is 0. The third kappa shape index (κ3) is 9.29. The number of nitrogens with two attached hydrogens (primary N) is 1. The van der Waals surface area contributed by atoms with Crippen molar-refractivity contribution < 1.29 is 29.0 Å². The molecule has 4 amide bonds. The van der Waals surface area contributed by atoms with Crippen molar-refractivity contribution in [3.05, 3.63) is 29.8 Å². The number of aromatic hydroxyl groups is 1. The normalized spacial score (nSPS) is 15.5. The number of nitriles is 1. The van der Waals surface area contributed by atoms with Crippen LogP contribution in [0, 0.1) is 11.3 Å². The smallest absolute Gasteiger partial charge is 0.408 e. The Labute approximate surface area is 217 Å². The number of carbonyl (C=O) groups excluding carboxylic acids is 4. The molecule has 5 N–H and O–H groups in total.